The number of amides is 1. The highest BCUT2D eigenvalue weighted by Gasteiger charge is 2.31. The van der Waals surface area contributed by atoms with Crippen LogP contribution in [-0.2, 0) is 28.9 Å². The summed E-state index contributed by atoms with van der Waals surface area (Å²) in [5.74, 6) is -0.0465. The van der Waals surface area contributed by atoms with E-state index < -0.39 is 17.6 Å². The molecule has 2 aliphatic rings. The van der Waals surface area contributed by atoms with Crippen LogP contribution in [-0.4, -0.2) is 66.6 Å². The predicted octanol–water partition coefficient (Wildman–Crippen LogP) is 2.26. The fourth-order valence-electron chi connectivity index (χ4n) is 3.58. The van der Waals surface area contributed by atoms with Crippen molar-refractivity contribution in [3.63, 3.8) is 0 Å². The van der Waals surface area contributed by atoms with Crippen LogP contribution in [0.15, 0.2) is 71.8 Å². The van der Waals surface area contributed by atoms with Gasteiger partial charge in [0.2, 0.25) is 5.91 Å². The van der Waals surface area contributed by atoms with Crippen LogP contribution in [0.25, 0.3) is 0 Å². The van der Waals surface area contributed by atoms with E-state index in [4.69, 9.17) is 0 Å². The van der Waals surface area contributed by atoms with Crippen molar-refractivity contribution in [3.8, 4) is 5.75 Å². The van der Waals surface area contributed by atoms with E-state index in [1.54, 1.807) is 11.1 Å². The standard InChI is InChI=1S/C17H18F2N4O4S.C6H6/c18-17(19)27-13-1-3-14(4-2-13)28(26)23-6-11-5-22(9-15(11)20-23)16(25)10-21-7-12(24)8-21;1-2-4-6-5-3-1/h1-4,6,12,17,24H,5,7-10H2;1-6H. The van der Waals surface area contributed by atoms with Gasteiger partial charge < -0.3 is 14.7 Å². The number of halogens is 2. The van der Waals surface area contributed by atoms with Gasteiger partial charge in [0.1, 0.15) is 5.75 Å². The second-order valence-corrected chi connectivity index (χ2v) is 9.20. The summed E-state index contributed by atoms with van der Waals surface area (Å²) < 4.78 is 42.6. The number of alkyl halides is 2. The Morgan fingerprint density at radius 1 is 1.09 bits per heavy atom. The quantitative estimate of drug-likeness (QED) is 0.571. The van der Waals surface area contributed by atoms with Gasteiger partial charge in [-0.3, -0.25) is 9.69 Å². The molecule has 1 N–H and O–H groups in total. The van der Waals surface area contributed by atoms with Gasteiger partial charge in [-0.25, -0.2) is 4.21 Å². The number of carbonyl (C=O) groups excluding carboxylic acids is 1. The molecule has 3 aromatic rings. The van der Waals surface area contributed by atoms with Gasteiger partial charge in [0.25, 0.3) is 0 Å². The van der Waals surface area contributed by atoms with E-state index in [0.29, 0.717) is 36.8 Å². The van der Waals surface area contributed by atoms with Gasteiger partial charge >= 0.3 is 6.61 Å². The molecule has 11 heteroatoms. The zero-order valence-corrected chi connectivity index (χ0v) is 19.0. The van der Waals surface area contributed by atoms with Crippen LogP contribution in [0.1, 0.15) is 11.3 Å². The normalized spacial score (nSPS) is 16.4. The van der Waals surface area contributed by atoms with Crippen LogP contribution in [0.3, 0.4) is 0 Å². The lowest BCUT2D eigenvalue weighted by Crippen LogP contribution is -2.53. The molecule has 1 unspecified atom stereocenters. The Balaban J connectivity index is 0.000000398. The molecule has 34 heavy (non-hydrogen) atoms. The molecule has 1 amide bonds. The fraction of sp³-hybridized carbons (Fsp3) is 0.304. The highest BCUT2D eigenvalue weighted by molar-refractivity contribution is 7.83. The van der Waals surface area contributed by atoms with Crippen LogP contribution in [0.2, 0.25) is 0 Å². The monoisotopic (exact) mass is 490 g/mol. The molecular weight excluding hydrogens is 466 g/mol. The molecule has 0 spiro atoms. The molecular formula is C23H24F2N4O4S. The Morgan fingerprint density at radius 3 is 2.24 bits per heavy atom. The number of aliphatic hydroxyl groups is 1. The van der Waals surface area contributed by atoms with Crippen molar-refractivity contribution >= 4 is 16.9 Å². The van der Waals surface area contributed by atoms with Gasteiger partial charge in [-0.05, 0) is 24.3 Å². The van der Waals surface area contributed by atoms with Crippen LogP contribution in [0.5, 0.6) is 5.75 Å². The lowest BCUT2D eigenvalue weighted by atomic mass is 10.2. The smallest absolute Gasteiger partial charge is 0.387 e. The van der Waals surface area contributed by atoms with Crippen molar-refractivity contribution in [1.82, 2.24) is 19.0 Å². The molecule has 0 saturated carbocycles. The van der Waals surface area contributed by atoms with Gasteiger partial charge in [-0.15, -0.1) is 0 Å². The molecule has 1 saturated heterocycles. The number of benzene rings is 2. The first kappa shape index (κ1) is 24.0. The molecule has 5 rings (SSSR count). The number of aliphatic hydroxyl groups excluding tert-OH is 1. The average Bonchev–Trinajstić information content (AvgIpc) is 3.39. The summed E-state index contributed by atoms with van der Waals surface area (Å²) in [5, 5.41) is 13.6. The first-order valence-electron chi connectivity index (χ1n) is 10.6. The number of rotatable bonds is 6. The second kappa shape index (κ2) is 10.9. The number of hydrogen-bond donors (Lipinski definition) is 1. The summed E-state index contributed by atoms with van der Waals surface area (Å²) in [5.41, 5.74) is 1.51. The fourth-order valence-corrected chi connectivity index (χ4v) is 4.56. The minimum Gasteiger partial charge on any atom is -0.435 e. The van der Waals surface area contributed by atoms with E-state index in [-0.39, 0.29) is 24.3 Å². The first-order valence-corrected chi connectivity index (χ1v) is 11.7. The van der Waals surface area contributed by atoms with Crippen molar-refractivity contribution in [2.75, 3.05) is 19.6 Å². The number of β-amino-alcohol motifs (C(OH)–C–C–N with tert-alkyl or cyclic N) is 1. The Kier molecular flexibility index (Phi) is 7.66. The molecule has 8 nitrogen and oxygen atoms in total. The third kappa shape index (κ3) is 6.04. The topological polar surface area (TPSA) is 87.9 Å². The van der Waals surface area contributed by atoms with Crippen molar-refractivity contribution in [3.05, 3.63) is 78.1 Å². The number of carbonyl (C=O) groups is 1. The Bertz CT molecular complexity index is 1070. The van der Waals surface area contributed by atoms with Gasteiger partial charge in [0.05, 0.1) is 29.8 Å². The zero-order chi connectivity index (χ0) is 24.1. The summed E-state index contributed by atoms with van der Waals surface area (Å²) >= 11 is 0. The number of likely N-dealkylation sites (tertiary alicyclic amines) is 1. The molecule has 1 aromatic heterocycles. The first-order chi connectivity index (χ1) is 16.4. The predicted molar refractivity (Wildman–Crippen MR) is 120 cm³/mol. The van der Waals surface area contributed by atoms with E-state index in [0.717, 1.165) is 5.56 Å². The molecule has 3 heterocycles. The van der Waals surface area contributed by atoms with E-state index in [1.807, 2.05) is 41.3 Å². The van der Waals surface area contributed by atoms with Crippen molar-refractivity contribution in [1.29, 1.82) is 0 Å². The largest absolute Gasteiger partial charge is 0.435 e. The molecule has 0 bridgehead atoms. The number of aromatic nitrogens is 2. The summed E-state index contributed by atoms with van der Waals surface area (Å²) in [6.07, 6.45) is 1.28. The Labute approximate surface area is 197 Å². The molecule has 0 radical (unpaired) electrons. The second-order valence-electron chi connectivity index (χ2n) is 7.86. The van der Waals surface area contributed by atoms with Gasteiger partial charge in [-0.2, -0.15) is 18.0 Å². The lowest BCUT2D eigenvalue weighted by molar-refractivity contribution is -0.135. The third-order valence-corrected chi connectivity index (χ3v) is 6.50. The van der Waals surface area contributed by atoms with E-state index in [1.165, 1.54) is 28.4 Å². The molecule has 1 fully saturated rings. The number of ether oxygens (including phenoxy) is 1. The molecule has 2 aromatic carbocycles. The Morgan fingerprint density at radius 2 is 1.71 bits per heavy atom. The highest BCUT2D eigenvalue weighted by Crippen LogP contribution is 2.24. The number of fused-ring (bicyclic) bond motifs is 1. The molecule has 2 aliphatic heterocycles. The maximum Gasteiger partial charge on any atom is 0.387 e. The molecule has 1 atom stereocenters. The van der Waals surface area contributed by atoms with Crippen LogP contribution in [0, 0.1) is 0 Å². The maximum atomic E-state index is 12.6. The third-order valence-electron chi connectivity index (χ3n) is 5.29. The maximum absolute atomic E-state index is 12.6. The number of hydrogen-bond acceptors (Lipinski definition) is 6. The Hall–Kier alpha value is -3.15. The van der Waals surface area contributed by atoms with Gasteiger partial charge in [0, 0.05) is 31.4 Å². The zero-order valence-electron chi connectivity index (χ0n) is 18.2. The van der Waals surface area contributed by atoms with Crippen LogP contribution >= 0.6 is 0 Å². The SMILES string of the molecule is O=C(CN1CC(O)C1)N1Cc2cn(S(=O)c3ccc(OC(F)F)cc3)nc2C1.c1ccccc1. The van der Waals surface area contributed by atoms with Gasteiger partial charge in [0.15, 0.2) is 11.0 Å². The molecule has 180 valence electrons. The van der Waals surface area contributed by atoms with Gasteiger partial charge in [-0.1, -0.05) is 36.4 Å². The highest BCUT2D eigenvalue weighted by atomic mass is 32.2. The van der Waals surface area contributed by atoms with Crippen molar-refractivity contribution in [2.45, 2.75) is 30.7 Å². The van der Waals surface area contributed by atoms with Crippen molar-refractivity contribution < 1.29 is 27.6 Å². The van der Waals surface area contributed by atoms with E-state index in [9.17, 15) is 22.9 Å². The minimum absolute atomic E-state index is 0.0115. The average molecular weight is 491 g/mol. The minimum atomic E-state index is -2.91. The van der Waals surface area contributed by atoms with Crippen LogP contribution in [0.4, 0.5) is 8.78 Å². The van der Waals surface area contributed by atoms with E-state index in [2.05, 4.69) is 9.84 Å². The number of nitrogens with zero attached hydrogens (tertiary/aromatic N) is 4. The van der Waals surface area contributed by atoms with E-state index >= 15 is 0 Å². The summed E-state index contributed by atoms with van der Waals surface area (Å²) in [7, 11) is -1.63. The molecule has 0 aliphatic carbocycles. The van der Waals surface area contributed by atoms with Crippen molar-refractivity contribution in [2.24, 2.45) is 0 Å². The summed E-state index contributed by atoms with van der Waals surface area (Å²) in [6, 6.07) is 17.5. The summed E-state index contributed by atoms with van der Waals surface area (Å²) in [4.78, 5) is 16.3. The lowest BCUT2D eigenvalue weighted by Gasteiger charge is -2.36. The summed E-state index contributed by atoms with van der Waals surface area (Å²) in [6.45, 7) is -0.893. The van der Waals surface area contributed by atoms with Crippen LogP contribution < -0.4 is 4.74 Å².